The summed E-state index contributed by atoms with van der Waals surface area (Å²) in [4.78, 5) is 23.8. The molecule has 0 aliphatic carbocycles. The molecule has 1 heterocycles. The summed E-state index contributed by atoms with van der Waals surface area (Å²) in [5.74, 6) is -3.05. The number of esters is 1. The third-order valence-electron chi connectivity index (χ3n) is 4.39. The van der Waals surface area contributed by atoms with Crippen molar-refractivity contribution in [1.29, 1.82) is 0 Å². The van der Waals surface area contributed by atoms with Gasteiger partial charge in [-0.1, -0.05) is 0 Å². The van der Waals surface area contributed by atoms with E-state index in [2.05, 4.69) is 5.32 Å². The molecule has 6 nitrogen and oxygen atoms in total. The van der Waals surface area contributed by atoms with Crippen LogP contribution in [0.25, 0.3) is 0 Å². The van der Waals surface area contributed by atoms with Crippen LogP contribution in [0.5, 0.6) is 17.2 Å². The number of nitrogens with one attached hydrogen (secondary N) is 1. The summed E-state index contributed by atoms with van der Waals surface area (Å²) in [5, 5.41) is 2.35. The van der Waals surface area contributed by atoms with Crippen LogP contribution >= 0.6 is 0 Å². The SMILES string of the molecule is CCNC(=O)c1c(F)cc(Oc2cc(C(=O)OC)cc3c2CC(C)(C)O3)cc1F. The van der Waals surface area contributed by atoms with E-state index in [1.54, 1.807) is 13.0 Å². The molecule has 2 aromatic carbocycles. The van der Waals surface area contributed by atoms with Crippen molar-refractivity contribution in [2.75, 3.05) is 13.7 Å². The van der Waals surface area contributed by atoms with Crippen LogP contribution in [0.4, 0.5) is 8.78 Å². The molecular formula is C21H21F2NO5. The van der Waals surface area contributed by atoms with Gasteiger partial charge >= 0.3 is 5.97 Å². The Morgan fingerprint density at radius 3 is 2.41 bits per heavy atom. The minimum absolute atomic E-state index is 0.151. The lowest BCUT2D eigenvalue weighted by molar-refractivity contribution is 0.0599. The van der Waals surface area contributed by atoms with E-state index in [9.17, 15) is 18.4 Å². The first-order valence-corrected chi connectivity index (χ1v) is 9.04. The van der Waals surface area contributed by atoms with Gasteiger partial charge in [0.2, 0.25) is 0 Å². The van der Waals surface area contributed by atoms with Gasteiger partial charge in [0.05, 0.1) is 12.7 Å². The van der Waals surface area contributed by atoms with Crippen molar-refractivity contribution < 1.29 is 32.6 Å². The highest BCUT2D eigenvalue weighted by Crippen LogP contribution is 2.43. The van der Waals surface area contributed by atoms with Gasteiger partial charge in [-0.3, -0.25) is 4.79 Å². The number of halogens is 2. The van der Waals surface area contributed by atoms with Crippen LogP contribution in [0, 0.1) is 11.6 Å². The van der Waals surface area contributed by atoms with Gasteiger partial charge in [-0.05, 0) is 32.9 Å². The van der Waals surface area contributed by atoms with E-state index in [1.165, 1.54) is 13.2 Å². The topological polar surface area (TPSA) is 73.9 Å². The molecule has 0 radical (unpaired) electrons. The highest BCUT2D eigenvalue weighted by atomic mass is 19.1. The molecule has 1 aliphatic rings. The number of carbonyl (C=O) groups is 2. The van der Waals surface area contributed by atoms with E-state index >= 15 is 0 Å². The zero-order valence-corrected chi connectivity index (χ0v) is 16.5. The van der Waals surface area contributed by atoms with Crippen molar-refractivity contribution in [3.05, 3.63) is 52.6 Å². The van der Waals surface area contributed by atoms with Gasteiger partial charge in [0, 0.05) is 30.7 Å². The van der Waals surface area contributed by atoms with E-state index in [0.29, 0.717) is 17.7 Å². The molecule has 3 rings (SSSR count). The molecule has 0 atom stereocenters. The third kappa shape index (κ3) is 4.16. The van der Waals surface area contributed by atoms with E-state index in [-0.39, 0.29) is 23.6 Å². The van der Waals surface area contributed by atoms with Crippen LogP contribution in [-0.4, -0.2) is 31.1 Å². The monoisotopic (exact) mass is 405 g/mol. The molecule has 0 saturated carbocycles. The van der Waals surface area contributed by atoms with Crippen molar-refractivity contribution in [3.8, 4) is 17.2 Å². The van der Waals surface area contributed by atoms with Gasteiger partial charge in [-0.25, -0.2) is 13.6 Å². The molecule has 0 bridgehead atoms. The van der Waals surface area contributed by atoms with Crippen LogP contribution in [0.2, 0.25) is 0 Å². The minimum atomic E-state index is -1.05. The second-order valence-electron chi connectivity index (χ2n) is 7.20. The highest BCUT2D eigenvalue weighted by molar-refractivity contribution is 5.95. The molecule has 1 N–H and O–H groups in total. The fourth-order valence-electron chi connectivity index (χ4n) is 3.17. The average molecular weight is 405 g/mol. The molecule has 2 aromatic rings. The van der Waals surface area contributed by atoms with Gasteiger partial charge in [-0.2, -0.15) is 0 Å². The number of hydrogen-bond acceptors (Lipinski definition) is 5. The van der Waals surface area contributed by atoms with Crippen LogP contribution in [-0.2, 0) is 11.2 Å². The van der Waals surface area contributed by atoms with Crippen LogP contribution < -0.4 is 14.8 Å². The Bertz CT molecular complexity index is 964. The Morgan fingerprint density at radius 1 is 1.17 bits per heavy atom. The molecule has 0 unspecified atom stereocenters. The molecule has 0 fully saturated rings. The maximum absolute atomic E-state index is 14.4. The standard InChI is InChI=1S/C21H21F2NO5/c1-5-24-19(25)18-14(22)8-12(9-15(18)23)28-16-6-11(20(26)27-4)7-17-13(16)10-21(2,3)29-17/h6-9H,5,10H2,1-4H3,(H,24,25). The van der Waals surface area contributed by atoms with Gasteiger partial charge in [-0.15, -0.1) is 0 Å². The lowest BCUT2D eigenvalue weighted by atomic mass is 9.99. The fourth-order valence-corrected chi connectivity index (χ4v) is 3.17. The van der Waals surface area contributed by atoms with Crippen molar-refractivity contribution in [3.63, 3.8) is 0 Å². The Hall–Kier alpha value is -3.16. The molecule has 1 aliphatic heterocycles. The predicted molar refractivity (Wildman–Crippen MR) is 101 cm³/mol. The van der Waals surface area contributed by atoms with Gasteiger partial charge in [0.1, 0.15) is 40.0 Å². The van der Waals surface area contributed by atoms with Crippen molar-refractivity contribution in [2.24, 2.45) is 0 Å². The number of methoxy groups -OCH3 is 1. The Labute approximate surface area is 166 Å². The van der Waals surface area contributed by atoms with Crippen molar-refractivity contribution >= 4 is 11.9 Å². The van der Waals surface area contributed by atoms with Crippen molar-refractivity contribution in [1.82, 2.24) is 5.32 Å². The molecule has 8 heteroatoms. The van der Waals surface area contributed by atoms with Gasteiger partial charge < -0.3 is 19.5 Å². The molecule has 29 heavy (non-hydrogen) atoms. The molecule has 0 saturated heterocycles. The van der Waals surface area contributed by atoms with Crippen LogP contribution in [0.15, 0.2) is 24.3 Å². The smallest absolute Gasteiger partial charge is 0.338 e. The number of benzene rings is 2. The van der Waals surface area contributed by atoms with Crippen LogP contribution in [0.3, 0.4) is 0 Å². The summed E-state index contributed by atoms with van der Waals surface area (Å²) in [6.07, 6.45) is 0.473. The Balaban J connectivity index is 2.01. The first-order valence-electron chi connectivity index (χ1n) is 9.04. The summed E-state index contributed by atoms with van der Waals surface area (Å²) in [5.41, 5.74) is -0.374. The highest BCUT2D eigenvalue weighted by Gasteiger charge is 2.34. The summed E-state index contributed by atoms with van der Waals surface area (Å²) < 4.78 is 45.0. The number of amides is 1. The number of ether oxygens (including phenoxy) is 3. The lowest BCUT2D eigenvalue weighted by Crippen LogP contribution is -2.25. The second-order valence-corrected chi connectivity index (χ2v) is 7.20. The summed E-state index contributed by atoms with van der Waals surface area (Å²) >= 11 is 0. The third-order valence-corrected chi connectivity index (χ3v) is 4.39. The second kappa shape index (κ2) is 7.69. The maximum atomic E-state index is 14.4. The Morgan fingerprint density at radius 2 is 1.83 bits per heavy atom. The number of hydrogen-bond donors (Lipinski definition) is 1. The number of rotatable bonds is 5. The lowest BCUT2D eigenvalue weighted by Gasteiger charge is -2.16. The average Bonchev–Trinajstić information content (AvgIpc) is 2.95. The minimum Gasteiger partial charge on any atom is -0.487 e. The van der Waals surface area contributed by atoms with Gasteiger partial charge in [0.25, 0.3) is 5.91 Å². The summed E-state index contributed by atoms with van der Waals surface area (Å²) in [6, 6.07) is 4.82. The molecule has 1 amide bonds. The zero-order chi connectivity index (χ0) is 21.3. The van der Waals surface area contributed by atoms with E-state index in [1.807, 2.05) is 13.8 Å². The maximum Gasteiger partial charge on any atom is 0.338 e. The van der Waals surface area contributed by atoms with E-state index in [0.717, 1.165) is 12.1 Å². The summed E-state index contributed by atoms with van der Waals surface area (Å²) in [7, 11) is 1.24. The number of carbonyl (C=O) groups excluding carboxylic acids is 2. The zero-order valence-electron chi connectivity index (χ0n) is 16.5. The molecule has 0 aromatic heterocycles. The Kier molecular flexibility index (Phi) is 5.46. The van der Waals surface area contributed by atoms with E-state index in [4.69, 9.17) is 14.2 Å². The molecule has 0 spiro atoms. The quantitative estimate of drug-likeness (QED) is 0.761. The first-order chi connectivity index (χ1) is 13.6. The fraction of sp³-hybridized carbons (Fsp3) is 0.333. The largest absolute Gasteiger partial charge is 0.487 e. The van der Waals surface area contributed by atoms with Gasteiger partial charge in [0.15, 0.2) is 0 Å². The van der Waals surface area contributed by atoms with Crippen LogP contribution in [0.1, 0.15) is 47.1 Å². The normalized spacial score (nSPS) is 14.0. The summed E-state index contributed by atoms with van der Waals surface area (Å²) in [6.45, 7) is 5.62. The first kappa shape index (κ1) is 20.6. The number of fused-ring (bicyclic) bond motifs is 1. The molecule has 154 valence electrons. The van der Waals surface area contributed by atoms with Crippen molar-refractivity contribution in [2.45, 2.75) is 32.8 Å². The molecular weight excluding hydrogens is 384 g/mol. The van der Waals surface area contributed by atoms with E-state index < -0.39 is 34.7 Å². The predicted octanol–water partition coefficient (Wildman–Crippen LogP) is 4.01.